The maximum atomic E-state index is 14.5. The zero-order chi connectivity index (χ0) is 28.0. The number of aliphatic hydroxyl groups is 1. The number of halogens is 1. The predicted octanol–water partition coefficient (Wildman–Crippen LogP) is 3.76. The molecule has 2 aromatic carbocycles. The molecule has 1 heterocycles. The second-order valence-electron chi connectivity index (χ2n) is 11.3. The van der Waals surface area contributed by atoms with Crippen molar-refractivity contribution in [3.8, 4) is 5.75 Å². The Kier molecular flexibility index (Phi) is 9.62. The summed E-state index contributed by atoms with van der Waals surface area (Å²) in [5.41, 5.74) is 2.89. The molecule has 3 unspecified atom stereocenters. The minimum absolute atomic E-state index is 0.148. The SMILES string of the molecule is CCc1cccc(C2(NCC(O)C3Cc4cc(F)cc(c4)OCCCCC(=O)NC(C(C)C)C(=O)N3)CC2)c1. The van der Waals surface area contributed by atoms with Gasteiger partial charge in [0.2, 0.25) is 11.8 Å². The van der Waals surface area contributed by atoms with Crippen LogP contribution in [-0.4, -0.2) is 48.3 Å². The summed E-state index contributed by atoms with van der Waals surface area (Å²) in [4.78, 5) is 25.9. The second-order valence-corrected chi connectivity index (χ2v) is 11.3. The van der Waals surface area contributed by atoms with E-state index in [-0.39, 0.29) is 42.7 Å². The number of ether oxygens (including phenoxy) is 1. The summed E-state index contributed by atoms with van der Waals surface area (Å²) in [5, 5.41) is 20.8. The molecule has 1 fully saturated rings. The first-order valence-corrected chi connectivity index (χ1v) is 14.2. The number of aliphatic hydroxyl groups excluding tert-OH is 1. The number of hydrogen-bond donors (Lipinski definition) is 4. The topological polar surface area (TPSA) is 99.7 Å². The van der Waals surface area contributed by atoms with Gasteiger partial charge in [-0.2, -0.15) is 0 Å². The fourth-order valence-electron chi connectivity index (χ4n) is 5.21. The van der Waals surface area contributed by atoms with E-state index in [1.54, 1.807) is 6.07 Å². The minimum Gasteiger partial charge on any atom is -0.493 e. The van der Waals surface area contributed by atoms with Crippen LogP contribution in [0.2, 0.25) is 0 Å². The molecule has 2 aromatic rings. The van der Waals surface area contributed by atoms with Gasteiger partial charge in [0.1, 0.15) is 17.6 Å². The Morgan fingerprint density at radius 1 is 1.13 bits per heavy atom. The highest BCUT2D eigenvalue weighted by Gasteiger charge is 2.44. The first-order valence-electron chi connectivity index (χ1n) is 14.2. The lowest BCUT2D eigenvalue weighted by Gasteiger charge is -2.30. The standard InChI is InChI=1S/C31H42FN3O4/c1-4-21-8-7-9-23(14-21)31(11-12-31)33-19-27(36)26-17-22-15-24(32)18-25(16-22)39-13-6-5-10-28(37)35-29(20(2)3)30(38)34-26/h7-9,14-16,18,20,26-27,29,33,36H,4-6,10-13,17,19H2,1-3H3,(H,34,38)(H,35,37). The monoisotopic (exact) mass is 539 g/mol. The van der Waals surface area contributed by atoms with Crippen molar-refractivity contribution in [3.63, 3.8) is 0 Å². The van der Waals surface area contributed by atoms with Crippen LogP contribution in [0.4, 0.5) is 4.39 Å². The van der Waals surface area contributed by atoms with Crippen molar-refractivity contribution in [3.05, 3.63) is 65.0 Å². The predicted molar refractivity (Wildman–Crippen MR) is 149 cm³/mol. The van der Waals surface area contributed by atoms with Gasteiger partial charge in [0, 0.05) is 24.6 Å². The summed E-state index contributed by atoms with van der Waals surface area (Å²) in [6.07, 6.45) is 3.64. The summed E-state index contributed by atoms with van der Waals surface area (Å²) in [6.45, 7) is 6.49. The number of nitrogens with one attached hydrogen (secondary N) is 3. The molecular weight excluding hydrogens is 497 g/mol. The molecule has 1 saturated carbocycles. The summed E-state index contributed by atoms with van der Waals surface area (Å²) in [5.74, 6) is -0.745. The normalized spacial score (nSPS) is 22.6. The maximum absolute atomic E-state index is 14.5. The third-order valence-corrected chi connectivity index (χ3v) is 7.80. The van der Waals surface area contributed by atoms with Crippen molar-refractivity contribution >= 4 is 11.8 Å². The Hall–Kier alpha value is -2.97. The largest absolute Gasteiger partial charge is 0.493 e. The van der Waals surface area contributed by atoms with Gasteiger partial charge >= 0.3 is 0 Å². The Morgan fingerprint density at radius 3 is 2.64 bits per heavy atom. The quantitative estimate of drug-likeness (QED) is 0.430. The summed E-state index contributed by atoms with van der Waals surface area (Å²) in [7, 11) is 0. The highest BCUT2D eigenvalue weighted by atomic mass is 19.1. The van der Waals surface area contributed by atoms with Crippen LogP contribution in [0.3, 0.4) is 0 Å². The van der Waals surface area contributed by atoms with Crippen molar-refractivity contribution in [2.45, 2.75) is 89.4 Å². The van der Waals surface area contributed by atoms with Crippen LogP contribution in [0.1, 0.15) is 69.6 Å². The number of carbonyl (C=O) groups is 2. The fourth-order valence-corrected chi connectivity index (χ4v) is 5.21. The van der Waals surface area contributed by atoms with Gasteiger partial charge in [-0.3, -0.25) is 9.59 Å². The van der Waals surface area contributed by atoms with Crippen LogP contribution in [0, 0.1) is 11.7 Å². The molecule has 1 aliphatic carbocycles. The highest BCUT2D eigenvalue weighted by molar-refractivity contribution is 5.88. The van der Waals surface area contributed by atoms with E-state index in [1.807, 2.05) is 13.8 Å². The van der Waals surface area contributed by atoms with Crippen LogP contribution < -0.4 is 20.7 Å². The van der Waals surface area contributed by atoms with Crippen molar-refractivity contribution in [2.24, 2.45) is 5.92 Å². The third kappa shape index (κ3) is 7.79. The van der Waals surface area contributed by atoms with Gasteiger partial charge in [-0.1, -0.05) is 45.0 Å². The smallest absolute Gasteiger partial charge is 0.243 e. The van der Waals surface area contributed by atoms with E-state index in [9.17, 15) is 19.1 Å². The average molecular weight is 540 g/mol. The molecule has 7 nitrogen and oxygen atoms in total. The lowest BCUT2D eigenvalue weighted by Crippen LogP contribution is -2.56. The van der Waals surface area contributed by atoms with E-state index < -0.39 is 24.0 Å². The zero-order valence-electron chi connectivity index (χ0n) is 23.3. The number of benzene rings is 2. The molecule has 0 saturated heterocycles. The lowest BCUT2D eigenvalue weighted by molar-refractivity contribution is -0.131. The summed E-state index contributed by atoms with van der Waals surface area (Å²) < 4.78 is 20.2. The molecule has 212 valence electrons. The van der Waals surface area contributed by atoms with Gasteiger partial charge < -0.3 is 25.8 Å². The van der Waals surface area contributed by atoms with Crippen molar-refractivity contribution < 1.29 is 23.8 Å². The van der Waals surface area contributed by atoms with Crippen LogP contribution in [0.25, 0.3) is 0 Å². The molecule has 8 heteroatoms. The van der Waals surface area contributed by atoms with E-state index in [1.165, 1.54) is 23.3 Å². The first kappa shape index (κ1) is 29.0. The molecule has 3 atom stereocenters. The molecule has 39 heavy (non-hydrogen) atoms. The zero-order valence-corrected chi connectivity index (χ0v) is 23.3. The molecule has 4 N–H and O–H groups in total. The number of hydrogen-bond acceptors (Lipinski definition) is 5. The van der Waals surface area contributed by atoms with E-state index in [4.69, 9.17) is 4.74 Å². The van der Waals surface area contributed by atoms with Crippen molar-refractivity contribution in [2.75, 3.05) is 13.2 Å². The molecule has 0 aromatic heterocycles. The third-order valence-electron chi connectivity index (χ3n) is 7.80. The van der Waals surface area contributed by atoms with E-state index in [0.717, 1.165) is 19.3 Å². The van der Waals surface area contributed by atoms with E-state index >= 15 is 0 Å². The molecule has 0 radical (unpaired) electrons. The molecule has 2 bridgehead atoms. The van der Waals surface area contributed by atoms with Gasteiger partial charge in [-0.05, 0) is 73.3 Å². The Balaban J connectivity index is 1.55. The molecule has 1 aliphatic heterocycles. The van der Waals surface area contributed by atoms with Gasteiger partial charge in [0.05, 0.1) is 18.8 Å². The maximum Gasteiger partial charge on any atom is 0.243 e. The van der Waals surface area contributed by atoms with Gasteiger partial charge in [-0.15, -0.1) is 0 Å². The molecule has 2 aliphatic rings. The van der Waals surface area contributed by atoms with Crippen LogP contribution >= 0.6 is 0 Å². The van der Waals surface area contributed by atoms with Gasteiger partial charge in [0.15, 0.2) is 0 Å². The number of rotatable bonds is 7. The van der Waals surface area contributed by atoms with Gasteiger partial charge in [-0.25, -0.2) is 4.39 Å². The Labute approximate surface area is 230 Å². The molecule has 2 amide bonds. The summed E-state index contributed by atoms with van der Waals surface area (Å²) in [6, 6.07) is 11.5. The summed E-state index contributed by atoms with van der Waals surface area (Å²) >= 11 is 0. The van der Waals surface area contributed by atoms with E-state index in [0.29, 0.717) is 30.8 Å². The first-order chi connectivity index (χ1) is 18.7. The van der Waals surface area contributed by atoms with Crippen LogP contribution in [0.15, 0.2) is 42.5 Å². The number of fused-ring (bicyclic) bond motifs is 2. The Morgan fingerprint density at radius 2 is 1.92 bits per heavy atom. The Bertz CT molecular complexity index is 1150. The van der Waals surface area contributed by atoms with Crippen LogP contribution in [-0.2, 0) is 28.0 Å². The highest BCUT2D eigenvalue weighted by Crippen LogP contribution is 2.45. The van der Waals surface area contributed by atoms with Gasteiger partial charge in [0.25, 0.3) is 0 Å². The molecular formula is C31H42FN3O4. The van der Waals surface area contributed by atoms with Crippen molar-refractivity contribution in [1.82, 2.24) is 16.0 Å². The molecule has 4 rings (SSSR count). The van der Waals surface area contributed by atoms with Crippen LogP contribution in [0.5, 0.6) is 5.75 Å². The molecule has 0 spiro atoms. The minimum atomic E-state index is -0.951. The number of amides is 2. The number of aryl methyl sites for hydroxylation is 1. The lowest BCUT2D eigenvalue weighted by atomic mass is 9.97. The van der Waals surface area contributed by atoms with E-state index in [2.05, 4.69) is 47.1 Å². The fraction of sp³-hybridized carbons (Fsp3) is 0.548. The average Bonchev–Trinajstić information content (AvgIpc) is 3.70. The second kappa shape index (κ2) is 12.9. The number of carbonyl (C=O) groups excluding carboxylic acids is 2. The van der Waals surface area contributed by atoms with Crippen molar-refractivity contribution in [1.29, 1.82) is 0 Å².